The van der Waals surface area contributed by atoms with E-state index in [1.165, 1.54) is 21.3 Å². The zero-order chi connectivity index (χ0) is 30.2. The summed E-state index contributed by atoms with van der Waals surface area (Å²) in [4.78, 5) is 29.0. The number of urea groups is 1. The van der Waals surface area contributed by atoms with E-state index in [-0.39, 0.29) is 48.8 Å². The Bertz CT molecular complexity index is 1480. The van der Waals surface area contributed by atoms with Gasteiger partial charge < -0.3 is 10.6 Å². The lowest BCUT2D eigenvalue weighted by atomic mass is 10.1. The van der Waals surface area contributed by atoms with Crippen LogP contribution in [0.4, 0.5) is 35.2 Å². The molecular formula is C26H31F3N7O5S+. The van der Waals surface area contributed by atoms with Crippen molar-refractivity contribution in [3.8, 4) is 0 Å². The second kappa shape index (κ2) is 13.7. The Hall–Kier alpha value is -4.05. The van der Waals surface area contributed by atoms with Crippen LogP contribution in [0.15, 0.2) is 53.3 Å². The third-order valence-electron chi connectivity index (χ3n) is 6.36. The van der Waals surface area contributed by atoms with Gasteiger partial charge in [-0.3, -0.25) is 19.6 Å². The number of amides is 3. The summed E-state index contributed by atoms with van der Waals surface area (Å²) < 4.78 is 73.3. The lowest BCUT2D eigenvalue weighted by Gasteiger charge is -2.25. The molecular weight excluding hydrogens is 579 g/mol. The number of unbranched alkanes of at least 4 members (excludes halogenated alkanes) is 1. The zero-order valence-electron chi connectivity index (χ0n) is 22.6. The van der Waals surface area contributed by atoms with Crippen molar-refractivity contribution in [1.82, 2.24) is 14.6 Å². The summed E-state index contributed by atoms with van der Waals surface area (Å²) in [6, 6.07) is 7.07. The first-order valence-corrected chi connectivity index (χ1v) is 14.9. The quantitative estimate of drug-likeness (QED) is 0.219. The fraction of sp³-hybridized carbons (Fsp3) is 0.423. The molecule has 1 saturated heterocycles. The molecule has 1 aliphatic heterocycles. The number of sulfonamides is 1. The van der Waals surface area contributed by atoms with Gasteiger partial charge >= 0.3 is 18.1 Å². The van der Waals surface area contributed by atoms with E-state index in [1.54, 1.807) is 24.4 Å². The maximum atomic E-state index is 13.5. The molecule has 0 spiro atoms. The van der Waals surface area contributed by atoms with Crippen molar-refractivity contribution < 1.29 is 40.4 Å². The van der Waals surface area contributed by atoms with Crippen LogP contribution in [0.3, 0.4) is 0 Å². The Morgan fingerprint density at radius 3 is 2.43 bits per heavy atom. The average Bonchev–Trinajstić information content (AvgIpc) is 3.37. The molecule has 1 aromatic carbocycles. The number of carbonyl (C=O) groups excluding carboxylic acids is 2. The minimum absolute atomic E-state index is 0.0637. The van der Waals surface area contributed by atoms with Crippen molar-refractivity contribution >= 4 is 39.2 Å². The van der Waals surface area contributed by atoms with Crippen LogP contribution in [0.1, 0.15) is 49.8 Å². The van der Waals surface area contributed by atoms with E-state index in [0.29, 0.717) is 18.8 Å². The van der Waals surface area contributed by atoms with Crippen molar-refractivity contribution in [2.24, 2.45) is 0 Å². The van der Waals surface area contributed by atoms with Gasteiger partial charge in [0.05, 0.1) is 11.3 Å². The molecule has 1 aliphatic rings. The molecule has 42 heavy (non-hydrogen) atoms. The van der Waals surface area contributed by atoms with E-state index in [4.69, 9.17) is 4.52 Å². The van der Waals surface area contributed by atoms with Gasteiger partial charge in [-0.25, -0.2) is 17.5 Å². The van der Waals surface area contributed by atoms with Crippen LogP contribution in [0.2, 0.25) is 0 Å². The fourth-order valence-electron chi connectivity index (χ4n) is 4.34. The topological polar surface area (TPSA) is 150 Å². The second-order valence-electron chi connectivity index (χ2n) is 9.74. The molecule has 226 valence electrons. The molecule has 16 heteroatoms. The number of halogens is 3. The van der Waals surface area contributed by atoms with Gasteiger partial charge in [-0.2, -0.15) is 13.2 Å². The maximum Gasteiger partial charge on any atom is 0.416 e. The minimum atomic E-state index is -4.75. The van der Waals surface area contributed by atoms with Gasteiger partial charge in [0.15, 0.2) is 0 Å². The van der Waals surface area contributed by atoms with E-state index in [2.05, 4.69) is 26.2 Å². The monoisotopic (exact) mass is 610 g/mol. The van der Waals surface area contributed by atoms with Gasteiger partial charge in [0.2, 0.25) is 27.7 Å². The molecule has 0 unspecified atom stereocenters. The number of hydrogen-bond acceptors (Lipinski definition) is 7. The Morgan fingerprint density at radius 1 is 1.00 bits per heavy atom. The Morgan fingerprint density at radius 2 is 1.74 bits per heavy atom. The largest absolute Gasteiger partial charge is 0.416 e. The van der Waals surface area contributed by atoms with Crippen LogP contribution in [0, 0.1) is 0 Å². The number of anilines is 3. The third-order valence-corrected chi connectivity index (χ3v) is 8.32. The van der Waals surface area contributed by atoms with Crippen LogP contribution in [0.25, 0.3) is 0 Å². The maximum absolute atomic E-state index is 13.5. The number of carbonyl (C=O) groups is 2. The number of alkyl halides is 3. The number of benzene rings is 1. The van der Waals surface area contributed by atoms with Gasteiger partial charge in [-0.05, 0) is 60.7 Å². The molecule has 3 heterocycles. The summed E-state index contributed by atoms with van der Waals surface area (Å²) in [5.41, 5.74) is -0.811. The number of pyridine rings is 1. The van der Waals surface area contributed by atoms with Crippen LogP contribution < -0.4 is 20.6 Å². The normalized spacial score (nSPS) is 14.4. The fourth-order valence-corrected chi connectivity index (χ4v) is 5.98. The second-order valence-corrected chi connectivity index (χ2v) is 11.8. The first-order valence-electron chi connectivity index (χ1n) is 13.3. The smallest absolute Gasteiger partial charge is 0.326 e. The van der Waals surface area contributed by atoms with Crippen molar-refractivity contribution in [1.29, 1.82) is 0 Å². The molecule has 2 aromatic heterocycles. The standard InChI is InChI=1S/C26H30F3N7O5S/c27-26(28,29)19-14-21(31-23(37)9-3-7-13-42(39,40)36-11-5-1-6-12-36)16-22(15-19)32-25(38)33-24-18-35(34-41-24)17-20-8-2-4-10-30-20/h2,4,8,10,14-16,18H,1,3,5-7,9,11-13,17H2,(H2-,31,32,33,34,37,38)/p+1. The highest BCUT2D eigenvalue weighted by molar-refractivity contribution is 7.89. The molecule has 0 saturated carbocycles. The van der Waals surface area contributed by atoms with Crippen molar-refractivity contribution in [2.45, 2.75) is 51.2 Å². The predicted molar refractivity (Wildman–Crippen MR) is 146 cm³/mol. The summed E-state index contributed by atoms with van der Waals surface area (Å²) in [5.74, 6) is -0.744. The van der Waals surface area contributed by atoms with Crippen LogP contribution in [0.5, 0.6) is 0 Å². The molecule has 1 fully saturated rings. The number of nitrogens with zero attached hydrogens (tertiary/aromatic N) is 4. The number of nitrogens with one attached hydrogen (secondary N) is 3. The van der Waals surface area contributed by atoms with Crippen molar-refractivity contribution in [2.75, 3.05) is 34.8 Å². The Labute approximate surface area is 240 Å². The van der Waals surface area contributed by atoms with Crippen LogP contribution in [-0.4, -0.2) is 53.8 Å². The van der Waals surface area contributed by atoms with Crippen LogP contribution >= 0.6 is 0 Å². The molecule has 0 radical (unpaired) electrons. The number of hydrogen-bond donors (Lipinski definition) is 3. The van der Waals surface area contributed by atoms with E-state index in [0.717, 1.165) is 31.4 Å². The van der Waals surface area contributed by atoms with Gasteiger partial charge in [-0.1, -0.05) is 12.5 Å². The lowest BCUT2D eigenvalue weighted by molar-refractivity contribution is -0.755. The molecule has 3 N–H and O–H groups in total. The summed E-state index contributed by atoms with van der Waals surface area (Å²) >= 11 is 0. The number of piperidine rings is 1. The van der Waals surface area contributed by atoms with Gasteiger partial charge in [0.25, 0.3) is 6.20 Å². The summed E-state index contributed by atoms with van der Waals surface area (Å²) in [5, 5.41) is 10.8. The SMILES string of the molecule is O=C(CCCCS(=O)(=O)N1CCCCC1)Nc1cc(NC(=O)Nc2c[n+](Cc3ccccn3)no2)cc(C(F)(F)F)c1. The van der Waals surface area contributed by atoms with Crippen LogP contribution in [-0.2, 0) is 27.5 Å². The third kappa shape index (κ3) is 9.24. The molecule has 12 nitrogen and oxygen atoms in total. The highest BCUT2D eigenvalue weighted by Crippen LogP contribution is 2.33. The van der Waals surface area contributed by atoms with E-state index in [1.807, 2.05) is 0 Å². The predicted octanol–water partition coefficient (Wildman–Crippen LogP) is 3.99. The molecule has 3 aromatic rings. The van der Waals surface area contributed by atoms with Gasteiger partial charge in [0.1, 0.15) is 5.69 Å². The molecule has 0 bridgehead atoms. The molecule has 0 aliphatic carbocycles. The van der Waals surface area contributed by atoms with Crippen molar-refractivity contribution in [3.05, 3.63) is 60.0 Å². The highest BCUT2D eigenvalue weighted by atomic mass is 32.2. The summed E-state index contributed by atoms with van der Waals surface area (Å²) in [6.07, 6.45) is 1.28. The molecule has 3 amide bonds. The number of aromatic nitrogens is 3. The lowest BCUT2D eigenvalue weighted by Crippen LogP contribution is -2.37. The zero-order valence-corrected chi connectivity index (χ0v) is 23.4. The summed E-state index contributed by atoms with van der Waals surface area (Å²) in [7, 11) is -3.40. The highest BCUT2D eigenvalue weighted by Gasteiger charge is 2.32. The summed E-state index contributed by atoms with van der Waals surface area (Å²) in [6.45, 7) is 1.26. The first-order chi connectivity index (χ1) is 20.0. The molecule has 4 rings (SSSR count). The minimum Gasteiger partial charge on any atom is -0.326 e. The van der Waals surface area contributed by atoms with E-state index in [9.17, 15) is 31.2 Å². The average molecular weight is 611 g/mol. The van der Waals surface area contributed by atoms with Crippen molar-refractivity contribution in [3.63, 3.8) is 0 Å². The molecule has 0 atom stereocenters. The van der Waals surface area contributed by atoms with E-state index >= 15 is 0 Å². The van der Waals surface area contributed by atoms with Gasteiger partial charge in [0, 0.05) is 37.1 Å². The van der Waals surface area contributed by atoms with E-state index < -0.39 is 33.7 Å². The van der Waals surface area contributed by atoms with Gasteiger partial charge in [-0.15, -0.1) is 0 Å². The number of rotatable bonds is 11. The Balaban J connectivity index is 1.31. The Kier molecular flexibility index (Phi) is 10.1. The first kappa shape index (κ1) is 30.9.